The average Bonchev–Trinajstić information content (AvgIpc) is 3.38. The van der Waals surface area contributed by atoms with Crippen molar-refractivity contribution in [3.05, 3.63) is 70.8 Å². The molecule has 0 bridgehead atoms. The van der Waals surface area contributed by atoms with Gasteiger partial charge in [0.25, 0.3) is 11.8 Å². The first-order valence-corrected chi connectivity index (χ1v) is 8.25. The average molecular weight is 322 g/mol. The molecule has 4 heteroatoms. The highest BCUT2D eigenvalue weighted by molar-refractivity contribution is 5.95. The fraction of sp³-hybridized carbons (Fsp3) is 0.300. The van der Waals surface area contributed by atoms with Crippen LogP contribution in [0.1, 0.15) is 44.7 Å². The summed E-state index contributed by atoms with van der Waals surface area (Å²) < 4.78 is 0. The third-order valence-electron chi connectivity index (χ3n) is 4.16. The van der Waals surface area contributed by atoms with Crippen molar-refractivity contribution >= 4 is 11.8 Å². The zero-order valence-electron chi connectivity index (χ0n) is 14.1. The van der Waals surface area contributed by atoms with Crippen molar-refractivity contribution in [2.75, 3.05) is 7.05 Å². The topological polar surface area (TPSA) is 49.4 Å². The van der Waals surface area contributed by atoms with Gasteiger partial charge in [-0.1, -0.05) is 29.8 Å². The summed E-state index contributed by atoms with van der Waals surface area (Å²) in [5.74, 6) is -0.0255. The number of amides is 2. The molecule has 0 saturated heterocycles. The number of hydrogen-bond acceptors (Lipinski definition) is 2. The Morgan fingerprint density at radius 1 is 1.08 bits per heavy atom. The van der Waals surface area contributed by atoms with Crippen molar-refractivity contribution in [2.24, 2.45) is 0 Å². The zero-order chi connectivity index (χ0) is 17.1. The molecule has 1 fully saturated rings. The number of benzene rings is 2. The Labute approximate surface area is 142 Å². The first-order chi connectivity index (χ1) is 11.5. The lowest BCUT2D eigenvalue weighted by molar-refractivity contribution is 0.0784. The molecule has 0 aliphatic heterocycles. The number of carbonyl (C=O) groups excluding carboxylic acids is 2. The zero-order valence-corrected chi connectivity index (χ0v) is 14.1. The van der Waals surface area contributed by atoms with Gasteiger partial charge in [0.15, 0.2) is 0 Å². The molecule has 0 unspecified atom stereocenters. The molecule has 1 N–H and O–H groups in total. The van der Waals surface area contributed by atoms with E-state index in [0.29, 0.717) is 23.7 Å². The Bertz CT molecular complexity index is 748. The van der Waals surface area contributed by atoms with E-state index in [9.17, 15) is 9.59 Å². The van der Waals surface area contributed by atoms with Crippen molar-refractivity contribution in [3.8, 4) is 0 Å². The second kappa shape index (κ2) is 6.87. The van der Waals surface area contributed by atoms with Crippen LogP contribution in [0.3, 0.4) is 0 Å². The summed E-state index contributed by atoms with van der Waals surface area (Å²) >= 11 is 0. The van der Waals surface area contributed by atoms with Crippen molar-refractivity contribution in [1.29, 1.82) is 0 Å². The summed E-state index contributed by atoms with van der Waals surface area (Å²) in [5, 5.41) is 2.97. The van der Waals surface area contributed by atoms with E-state index >= 15 is 0 Å². The van der Waals surface area contributed by atoms with Crippen LogP contribution < -0.4 is 5.32 Å². The largest absolute Gasteiger partial charge is 0.349 e. The van der Waals surface area contributed by atoms with Gasteiger partial charge in [0, 0.05) is 30.8 Å². The van der Waals surface area contributed by atoms with E-state index in [4.69, 9.17) is 0 Å². The van der Waals surface area contributed by atoms with E-state index in [1.165, 1.54) is 0 Å². The van der Waals surface area contributed by atoms with E-state index in [0.717, 1.165) is 24.0 Å². The molecule has 0 aromatic heterocycles. The standard InChI is InChI=1S/C20H22N2O2/c1-14-4-3-5-17(12-14)20(24)22(2)13-15-6-8-16(9-7-15)19(23)21-18-10-11-18/h3-9,12,18H,10-11,13H2,1-2H3,(H,21,23). The third-order valence-corrected chi connectivity index (χ3v) is 4.16. The third kappa shape index (κ3) is 4.02. The van der Waals surface area contributed by atoms with Gasteiger partial charge in [-0.25, -0.2) is 0 Å². The first-order valence-electron chi connectivity index (χ1n) is 8.25. The lowest BCUT2D eigenvalue weighted by Gasteiger charge is -2.18. The van der Waals surface area contributed by atoms with E-state index in [1.807, 2.05) is 55.5 Å². The van der Waals surface area contributed by atoms with Gasteiger partial charge in [0.2, 0.25) is 0 Å². The van der Waals surface area contributed by atoms with Gasteiger partial charge in [-0.15, -0.1) is 0 Å². The van der Waals surface area contributed by atoms with Crippen LogP contribution in [0, 0.1) is 6.92 Å². The van der Waals surface area contributed by atoms with Crippen molar-refractivity contribution < 1.29 is 9.59 Å². The maximum Gasteiger partial charge on any atom is 0.253 e. The van der Waals surface area contributed by atoms with Gasteiger partial charge in [-0.05, 0) is 49.6 Å². The van der Waals surface area contributed by atoms with Crippen LogP contribution in [-0.4, -0.2) is 29.8 Å². The number of nitrogens with one attached hydrogen (secondary N) is 1. The minimum atomic E-state index is -0.0201. The molecule has 1 aliphatic rings. The Morgan fingerprint density at radius 2 is 1.79 bits per heavy atom. The summed E-state index contributed by atoms with van der Waals surface area (Å²) in [4.78, 5) is 26.1. The van der Waals surface area contributed by atoms with Gasteiger partial charge in [0.05, 0.1) is 0 Å². The molecule has 2 aromatic carbocycles. The molecule has 1 saturated carbocycles. The van der Waals surface area contributed by atoms with Crippen molar-refractivity contribution in [2.45, 2.75) is 32.4 Å². The van der Waals surface area contributed by atoms with E-state index < -0.39 is 0 Å². The number of aryl methyl sites for hydroxylation is 1. The summed E-state index contributed by atoms with van der Waals surface area (Å²) in [6.07, 6.45) is 2.16. The Balaban J connectivity index is 1.62. The first kappa shape index (κ1) is 16.2. The number of nitrogens with zero attached hydrogens (tertiary/aromatic N) is 1. The molecule has 24 heavy (non-hydrogen) atoms. The highest BCUT2D eigenvalue weighted by atomic mass is 16.2. The van der Waals surface area contributed by atoms with E-state index in [1.54, 1.807) is 11.9 Å². The molecule has 3 rings (SSSR count). The molecule has 2 amide bonds. The Hall–Kier alpha value is -2.62. The van der Waals surface area contributed by atoms with Gasteiger partial charge in [0.1, 0.15) is 0 Å². The monoisotopic (exact) mass is 322 g/mol. The van der Waals surface area contributed by atoms with Crippen LogP contribution in [0.5, 0.6) is 0 Å². The molecule has 124 valence electrons. The maximum atomic E-state index is 12.5. The Morgan fingerprint density at radius 3 is 2.42 bits per heavy atom. The minimum absolute atomic E-state index is 0.00532. The lowest BCUT2D eigenvalue weighted by Crippen LogP contribution is -2.27. The lowest BCUT2D eigenvalue weighted by atomic mass is 10.1. The van der Waals surface area contributed by atoms with Gasteiger partial charge in [-0.2, -0.15) is 0 Å². The highest BCUT2D eigenvalue weighted by Gasteiger charge is 2.23. The fourth-order valence-corrected chi connectivity index (χ4v) is 2.60. The van der Waals surface area contributed by atoms with Crippen molar-refractivity contribution in [1.82, 2.24) is 10.2 Å². The predicted octanol–water partition coefficient (Wildman–Crippen LogP) is 3.16. The summed E-state index contributed by atoms with van der Waals surface area (Å²) in [6.45, 7) is 2.49. The van der Waals surface area contributed by atoms with E-state index in [-0.39, 0.29) is 11.8 Å². The quantitative estimate of drug-likeness (QED) is 0.919. The second-order valence-corrected chi connectivity index (χ2v) is 6.48. The minimum Gasteiger partial charge on any atom is -0.349 e. The summed E-state index contributed by atoms with van der Waals surface area (Å²) in [5.41, 5.74) is 3.43. The number of rotatable bonds is 5. The molecule has 0 radical (unpaired) electrons. The summed E-state index contributed by atoms with van der Waals surface area (Å²) in [6, 6.07) is 15.4. The maximum absolute atomic E-state index is 12.5. The van der Waals surface area contributed by atoms with Gasteiger partial charge < -0.3 is 10.2 Å². The van der Waals surface area contributed by atoms with Crippen LogP contribution in [-0.2, 0) is 6.54 Å². The molecule has 0 spiro atoms. The Kier molecular flexibility index (Phi) is 4.65. The van der Waals surface area contributed by atoms with Crippen LogP contribution in [0.15, 0.2) is 48.5 Å². The summed E-state index contributed by atoms with van der Waals surface area (Å²) in [7, 11) is 1.79. The van der Waals surface area contributed by atoms with Gasteiger partial charge >= 0.3 is 0 Å². The highest BCUT2D eigenvalue weighted by Crippen LogP contribution is 2.19. The smallest absolute Gasteiger partial charge is 0.253 e. The SMILES string of the molecule is Cc1cccc(C(=O)N(C)Cc2ccc(C(=O)NC3CC3)cc2)c1. The van der Waals surface area contributed by atoms with Crippen molar-refractivity contribution in [3.63, 3.8) is 0 Å². The van der Waals surface area contributed by atoms with Crippen LogP contribution in [0.25, 0.3) is 0 Å². The fourth-order valence-electron chi connectivity index (χ4n) is 2.60. The van der Waals surface area contributed by atoms with E-state index in [2.05, 4.69) is 5.32 Å². The number of hydrogen-bond donors (Lipinski definition) is 1. The van der Waals surface area contributed by atoms with Crippen LogP contribution in [0.4, 0.5) is 0 Å². The molecule has 0 heterocycles. The molecule has 2 aromatic rings. The molecule has 0 atom stereocenters. The molecular weight excluding hydrogens is 300 g/mol. The number of carbonyl (C=O) groups is 2. The molecule has 4 nitrogen and oxygen atoms in total. The predicted molar refractivity (Wildman–Crippen MR) is 93.9 cm³/mol. The molecule has 1 aliphatic carbocycles. The molecular formula is C20H22N2O2. The normalized spacial score (nSPS) is 13.4. The van der Waals surface area contributed by atoms with Gasteiger partial charge in [-0.3, -0.25) is 9.59 Å². The van der Waals surface area contributed by atoms with Crippen LogP contribution >= 0.6 is 0 Å². The van der Waals surface area contributed by atoms with Crippen LogP contribution in [0.2, 0.25) is 0 Å². The second-order valence-electron chi connectivity index (χ2n) is 6.48.